The monoisotopic (exact) mass is 632 g/mol. The van der Waals surface area contributed by atoms with E-state index in [4.69, 9.17) is 46.4 Å². The summed E-state index contributed by atoms with van der Waals surface area (Å²) in [5.41, 5.74) is 1.33. The maximum absolute atomic E-state index is 12.4. The first-order valence-corrected chi connectivity index (χ1v) is 16.2. The van der Waals surface area contributed by atoms with Crippen LogP contribution in [-0.4, -0.2) is 70.8 Å². The lowest BCUT2D eigenvalue weighted by atomic mass is 10.2. The largest absolute Gasteiger partial charge is 0.338 e. The molecular weight excluding hydrogens is 610 g/mol. The molecule has 37 heavy (non-hydrogen) atoms. The molecule has 0 aliphatic carbocycles. The topological polar surface area (TPSA) is 40.6 Å². The summed E-state index contributed by atoms with van der Waals surface area (Å²) in [6.45, 7) is 3.02. The van der Waals surface area contributed by atoms with Gasteiger partial charge in [0.15, 0.2) is 0 Å². The Bertz CT molecular complexity index is 1130. The third-order valence-electron chi connectivity index (χ3n) is 5.83. The number of carbonyl (C=O) groups is 2. The van der Waals surface area contributed by atoms with E-state index in [2.05, 4.69) is 0 Å². The SMILES string of the molecule is O=C(/C=C/c1ccc(Sc2ccc(/C=C/C(=O)N3CCSCC3)c(Cl)c2Cl)c(Cl)c1Cl)N1CCSCC1. The van der Waals surface area contributed by atoms with Gasteiger partial charge in [-0.2, -0.15) is 23.5 Å². The van der Waals surface area contributed by atoms with E-state index in [0.717, 1.165) is 49.2 Å². The van der Waals surface area contributed by atoms with Crippen LogP contribution in [0.15, 0.2) is 46.2 Å². The molecule has 0 atom stereocenters. The van der Waals surface area contributed by atoms with E-state index in [1.54, 1.807) is 12.2 Å². The Morgan fingerprint density at radius 1 is 0.649 bits per heavy atom. The van der Waals surface area contributed by atoms with Crippen molar-refractivity contribution in [3.8, 4) is 0 Å². The Morgan fingerprint density at radius 3 is 1.41 bits per heavy atom. The van der Waals surface area contributed by atoms with Gasteiger partial charge in [-0.25, -0.2) is 0 Å². The molecule has 2 saturated heterocycles. The van der Waals surface area contributed by atoms with Crippen LogP contribution in [0.4, 0.5) is 0 Å². The molecule has 0 saturated carbocycles. The average molecular weight is 635 g/mol. The van der Waals surface area contributed by atoms with Gasteiger partial charge in [0.25, 0.3) is 0 Å². The van der Waals surface area contributed by atoms with Gasteiger partial charge in [-0.05, 0) is 35.4 Å². The molecular formula is C26H24Cl4N2O2S3. The maximum Gasteiger partial charge on any atom is 0.246 e. The quantitative estimate of drug-likeness (QED) is 0.306. The van der Waals surface area contributed by atoms with Crippen LogP contribution in [0.5, 0.6) is 0 Å². The van der Waals surface area contributed by atoms with Crippen LogP contribution in [0.1, 0.15) is 11.1 Å². The van der Waals surface area contributed by atoms with Gasteiger partial charge in [0.05, 0.1) is 20.1 Å². The van der Waals surface area contributed by atoms with E-state index >= 15 is 0 Å². The van der Waals surface area contributed by atoms with Crippen molar-refractivity contribution in [3.05, 3.63) is 67.6 Å². The van der Waals surface area contributed by atoms with Crippen molar-refractivity contribution < 1.29 is 9.59 Å². The fraction of sp³-hybridized carbons (Fsp3) is 0.308. The van der Waals surface area contributed by atoms with Gasteiger partial charge in [-0.1, -0.05) is 70.3 Å². The number of carbonyl (C=O) groups excluding carboxylic acids is 2. The minimum Gasteiger partial charge on any atom is -0.338 e. The number of hydrogen-bond acceptors (Lipinski definition) is 5. The van der Waals surface area contributed by atoms with E-state index in [9.17, 15) is 9.59 Å². The molecule has 2 aliphatic rings. The number of nitrogens with zero attached hydrogens (tertiary/aromatic N) is 2. The smallest absolute Gasteiger partial charge is 0.246 e. The lowest BCUT2D eigenvalue weighted by Crippen LogP contribution is -2.36. The van der Waals surface area contributed by atoms with Crippen molar-refractivity contribution in [1.29, 1.82) is 0 Å². The minimum atomic E-state index is -0.0295. The van der Waals surface area contributed by atoms with Gasteiger partial charge in [0.1, 0.15) is 0 Å². The summed E-state index contributed by atoms with van der Waals surface area (Å²) in [4.78, 5) is 30.0. The molecule has 2 amide bonds. The summed E-state index contributed by atoms with van der Waals surface area (Å²) in [7, 11) is 0. The first kappa shape index (κ1) is 29.1. The molecule has 0 bridgehead atoms. The zero-order valence-electron chi connectivity index (χ0n) is 19.7. The zero-order chi connectivity index (χ0) is 26.4. The highest BCUT2D eigenvalue weighted by molar-refractivity contribution is 7.99. The first-order valence-electron chi connectivity index (χ1n) is 11.6. The van der Waals surface area contributed by atoms with Crippen molar-refractivity contribution in [3.63, 3.8) is 0 Å². The maximum atomic E-state index is 12.4. The van der Waals surface area contributed by atoms with Crippen LogP contribution in [0, 0.1) is 0 Å². The fourth-order valence-electron chi connectivity index (χ4n) is 3.73. The summed E-state index contributed by atoms with van der Waals surface area (Å²) < 4.78 is 0. The van der Waals surface area contributed by atoms with E-state index in [0.29, 0.717) is 41.0 Å². The molecule has 2 heterocycles. The molecule has 0 radical (unpaired) electrons. The van der Waals surface area contributed by atoms with Crippen molar-refractivity contribution >= 4 is 106 Å². The normalized spacial score (nSPS) is 16.6. The van der Waals surface area contributed by atoms with Gasteiger partial charge in [-0.3, -0.25) is 9.59 Å². The molecule has 0 unspecified atom stereocenters. The number of benzene rings is 2. The highest BCUT2D eigenvalue weighted by atomic mass is 35.5. The van der Waals surface area contributed by atoms with Crippen LogP contribution in [0.2, 0.25) is 20.1 Å². The van der Waals surface area contributed by atoms with Gasteiger partial charge >= 0.3 is 0 Å². The van der Waals surface area contributed by atoms with E-state index in [1.165, 1.54) is 23.9 Å². The summed E-state index contributed by atoms with van der Waals surface area (Å²) in [5, 5.41) is 1.47. The molecule has 2 fully saturated rings. The molecule has 0 spiro atoms. The second-order valence-corrected chi connectivity index (χ2v) is 13.3. The summed E-state index contributed by atoms with van der Waals surface area (Å²) >= 11 is 31.3. The fourth-order valence-corrected chi connectivity index (χ4v) is 7.57. The van der Waals surface area contributed by atoms with Crippen molar-refractivity contribution in [2.24, 2.45) is 0 Å². The molecule has 4 nitrogen and oxygen atoms in total. The molecule has 196 valence electrons. The Hall–Kier alpha value is -0.930. The number of halogens is 4. The van der Waals surface area contributed by atoms with Gasteiger partial charge < -0.3 is 9.80 Å². The summed E-state index contributed by atoms with van der Waals surface area (Å²) in [6.07, 6.45) is 6.47. The number of amides is 2. The Morgan fingerprint density at radius 2 is 1.03 bits per heavy atom. The van der Waals surface area contributed by atoms with Crippen LogP contribution in [-0.2, 0) is 9.59 Å². The Kier molecular flexibility index (Phi) is 10.9. The second-order valence-electron chi connectivity index (χ2n) is 8.21. The van der Waals surface area contributed by atoms with E-state index in [-0.39, 0.29) is 11.8 Å². The highest BCUT2D eigenvalue weighted by Crippen LogP contribution is 2.44. The Balaban J connectivity index is 1.45. The van der Waals surface area contributed by atoms with Crippen molar-refractivity contribution in [1.82, 2.24) is 9.80 Å². The molecule has 2 aromatic rings. The summed E-state index contributed by atoms with van der Waals surface area (Å²) in [6, 6.07) is 7.33. The minimum absolute atomic E-state index is 0.0295. The predicted molar refractivity (Wildman–Crippen MR) is 163 cm³/mol. The van der Waals surface area contributed by atoms with Crippen LogP contribution in [0.25, 0.3) is 12.2 Å². The molecule has 11 heteroatoms. The lowest BCUT2D eigenvalue weighted by molar-refractivity contribution is -0.126. The number of hydrogen-bond donors (Lipinski definition) is 0. The van der Waals surface area contributed by atoms with E-state index in [1.807, 2.05) is 57.6 Å². The Labute approximate surface area is 250 Å². The predicted octanol–water partition coefficient (Wildman–Crippen LogP) is 7.63. The molecule has 2 aromatic carbocycles. The van der Waals surface area contributed by atoms with Crippen LogP contribution < -0.4 is 0 Å². The van der Waals surface area contributed by atoms with Gasteiger partial charge in [0.2, 0.25) is 11.8 Å². The number of thioether (sulfide) groups is 2. The van der Waals surface area contributed by atoms with Crippen LogP contribution in [0.3, 0.4) is 0 Å². The average Bonchev–Trinajstić information content (AvgIpc) is 2.93. The van der Waals surface area contributed by atoms with Crippen molar-refractivity contribution in [2.45, 2.75) is 9.79 Å². The van der Waals surface area contributed by atoms with E-state index < -0.39 is 0 Å². The second kappa shape index (κ2) is 13.9. The molecule has 2 aliphatic heterocycles. The standard InChI is InChI=1S/C26H24Cl4N2O2S3/c27-23-17(3-7-21(33)31-9-13-35-14-10-31)1-5-19(25(23)29)37-20-6-2-18(24(28)26(20)30)4-8-22(34)32-11-15-36-16-12-32/h1-8H,9-16H2/b7-3+,8-4+. The van der Waals surface area contributed by atoms with Crippen LogP contribution >= 0.6 is 81.7 Å². The van der Waals surface area contributed by atoms with Crippen molar-refractivity contribution in [2.75, 3.05) is 49.2 Å². The third kappa shape index (κ3) is 7.59. The summed E-state index contributed by atoms with van der Waals surface area (Å²) in [5.74, 6) is 3.77. The molecule has 0 aromatic heterocycles. The third-order valence-corrected chi connectivity index (χ3v) is 10.9. The highest BCUT2D eigenvalue weighted by Gasteiger charge is 2.17. The molecule has 0 N–H and O–H groups in total. The zero-order valence-corrected chi connectivity index (χ0v) is 25.2. The first-order chi connectivity index (χ1) is 17.8. The molecule has 4 rings (SSSR count). The van der Waals surface area contributed by atoms with Gasteiger partial charge in [-0.15, -0.1) is 0 Å². The van der Waals surface area contributed by atoms with Gasteiger partial charge in [0, 0.05) is 71.1 Å². The lowest BCUT2D eigenvalue weighted by Gasteiger charge is -2.25. The number of rotatable bonds is 6.